The molecule has 0 saturated heterocycles. The van der Waals surface area contributed by atoms with Crippen LogP contribution < -0.4 is 18.1 Å². The molecule has 0 heterocycles. The lowest BCUT2D eigenvalue weighted by Gasteiger charge is -2.19. The highest BCUT2D eigenvalue weighted by atomic mass is 31.2. The van der Waals surface area contributed by atoms with Gasteiger partial charge in [0.15, 0.2) is 11.5 Å². The number of phosphoric ester groups is 1. The van der Waals surface area contributed by atoms with Crippen LogP contribution >= 0.6 is 16.1 Å². The molecule has 196 valence electrons. The number of phosphoric acid groups is 1. The lowest BCUT2D eigenvalue weighted by atomic mass is 10.1. The molecule has 0 N–H and O–H groups in total. The van der Waals surface area contributed by atoms with Crippen LogP contribution in [0.1, 0.15) is 12.8 Å². The first-order valence-electron chi connectivity index (χ1n) is 12.2. The molecule has 0 spiro atoms. The van der Waals surface area contributed by atoms with E-state index in [-0.39, 0.29) is 0 Å². The van der Waals surface area contributed by atoms with Gasteiger partial charge < -0.3 is 13.6 Å². The van der Waals surface area contributed by atoms with Crippen molar-refractivity contribution in [2.75, 3.05) is 0 Å². The fourth-order valence-corrected chi connectivity index (χ4v) is 5.61. The Kier molecular flexibility index (Phi) is 8.42. The first kappa shape index (κ1) is 26.3. The Hall–Kier alpha value is -4.31. The second kappa shape index (κ2) is 12.5. The van der Waals surface area contributed by atoms with Crippen molar-refractivity contribution in [1.82, 2.24) is 0 Å². The monoisotopic (exact) mass is 559 g/mol. The smallest absolute Gasteiger partial charge is 0.386 e. The molecule has 0 aliphatic heterocycles. The van der Waals surface area contributed by atoms with Crippen LogP contribution in [0, 0.1) is 0 Å². The highest BCUT2D eigenvalue weighted by Gasteiger charge is 2.33. The number of para-hydroxylation sites is 2. The third-order valence-corrected chi connectivity index (χ3v) is 7.57. The van der Waals surface area contributed by atoms with Crippen molar-refractivity contribution in [3.05, 3.63) is 133 Å². The van der Waals surface area contributed by atoms with Gasteiger partial charge in [0.1, 0.15) is 17.2 Å². The van der Waals surface area contributed by atoms with Crippen molar-refractivity contribution in [1.29, 1.82) is 0 Å². The fraction of sp³-hybridized carbons (Fsp3) is 0.0667. The molecule has 7 nitrogen and oxygen atoms in total. The van der Waals surface area contributed by atoms with Crippen LogP contribution in [-0.4, -0.2) is 0 Å². The summed E-state index contributed by atoms with van der Waals surface area (Å²) in [4.78, 5) is 0. The predicted molar refractivity (Wildman–Crippen MR) is 150 cm³/mol. The number of rotatable bonds is 11. The minimum atomic E-state index is -4.07. The molecule has 0 amide bonds. The SMILES string of the molecule is O=[P+](OC1=CC=CCC1)Oc1ccc(-c2ccc(OP(=O)(Oc3ccccc3)Oc3ccccc3)cc2)cc1. The second-order valence-electron chi connectivity index (χ2n) is 8.40. The quantitative estimate of drug-likeness (QED) is 0.169. The third-order valence-electron chi connectivity index (χ3n) is 5.53. The number of allylic oxidation sites excluding steroid dienone is 4. The Morgan fingerprint density at radius 2 is 1.08 bits per heavy atom. The molecule has 1 aliphatic carbocycles. The molecule has 0 bridgehead atoms. The number of hydrogen-bond acceptors (Lipinski definition) is 7. The molecular formula is C30H25O7P2+. The lowest BCUT2D eigenvalue weighted by Crippen LogP contribution is -2.07. The molecule has 0 saturated carbocycles. The van der Waals surface area contributed by atoms with E-state index in [9.17, 15) is 9.13 Å². The number of benzene rings is 4. The van der Waals surface area contributed by atoms with Gasteiger partial charge in [0.2, 0.25) is 0 Å². The van der Waals surface area contributed by atoms with Gasteiger partial charge in [-0.05, 0) is 72.2 Å². The van der Waals surface area contributed by atoms with Crippen LogP contribution in [0.25, 0.3) is 11.1 Å². The summed E-state index contributed by atoms with van der Waals surface area (Å²) in [6, 6.07) is 31.6. The number of hydrogen-bond donors (Lipinski definition) is 0. The molecule has 9 heteroatoms. The van der Waals surface area contributed by atoms with Crippen molar-refractivity contribution in [2.24, 2.45) is 0 Å². The van der Waals surface area contributed by atoms with Crippen LogP contribution in [-0.2, 0) is 13.7 Å². The van der Waals surface area contributed by atoms with Gasteiger partial charge in [0.25, 0.3) is 0 Å². The lowest BCUT2D eigenvalue weighted by molar-refractivity contribution is 0.298. The summed E-state index contributed by atoms with van der Waals surface area (Å²) in [6.07, 6.45) is 7.24. The fourth-order valence-electron chi connectivity index (χ4n) is 3.68. The Balaban J connectivity index is 1.25. The second-order valence-corrected chi connectivity index (χ2v) is 10.7. The van der Waals surface area contributed by atoms with E-state index >= 15 is 0 Å². The van der Waals surface area contributed by atoms with Gasteiger partial charge >= 0.3 is 16.1 Å². The van der Waals surface area contributed by atoms with E-state index in [0.717, 1.165) is 17.5 Å². The Bertz CT molecular complexity index is 1460. The zero-order chi connectivity index (χ0) is 26.9. The van der Waals surface area contributed by atoms with Crippen LogP contribution in [0.2, 0.25) is 0 Å². The first-order valence-corrected chi connectivity index (χ1v) is 14.8. The molecule has 4 aromatic rings. The first-order chi connectivity index (χ1) is 19.0. The molecule has 1 atom stereocenters. The normalized spacial score (nSPS) is 13.1. The Labute approximate surface area is 227 Å². The van der Waals surface area contributed by atoms with Crippen molar-refractivity contribution >= 4 is 16.1 Å². The molecule has 1 aliphatic rings. The van der Waals surface area contributed by atoms with E-state index in [1.807, 2.05) is 48.6 Å². The van der Waals surface area contributed by atoms with E-state index < -0.39 is 16.1 Å². The summed E-state index contributed by atoms with van der Waals surface area (Å²) in [7, 11) is -6.39. The van der Waals surface area contributed by atoms with Gasteiger partial charge in [-0.15, -0.1) is 0 Å². The van der Waals surface area contributed by atoms with Gasteiger partial charge in [0, 0.05) is 11.0 Å². The Morgan fingerprint density at radius 3 is 1.56 bits per heavy atom. The molecule has 0 aromatic heterocycles. The van der Waals surface area contributed by atoms with E-state index in [1.165, 1.54) is 0 Å². The molecule has 39 heavy (non-hydrogen) atoms. The van der Waals surface area contributed by atoms with E-state index in [1.54, 1.807) is 78.9 Å². The van der Waals surface area contributed by atoms with Gasteiger partial charge in [0.05, 0.1) is 0 Å². The summed E-state index contributed by atoms with van der Waals surface area (Å²) in [5.41, 5.74) is 1.78. The van der Waals surface area contributed by atoms with Gasteiger partial charge in [-0.2, -0.15) is 4.57 Å². The average Bonchev–Trinajstić information content (AvgIpc) is 2.95. The van der Waals surface area contributed by atoms with Crippen molar-refractivity contribution in [3.8, 4) is 34.1 Å². The van der Waals surface area contributed by atoms with Crippen molar-refractivity contribution < 1.29 is 31.7 Å². The molecule has 0 radical (unpaired) electrons. The van der Waals surface area contributed by atoms with E-state index in [2.05, 4.69) is 0 Å². The third kappa shape index (κ3) is 7.61. The largest absolute Gasteiger partial charge is 0.805 e. The van der Waals surface area contributed by atoms with Crippen LogP contribution in [0.5, 0.6) is 23.0 Å². The minimum absolute atomic E-state index is 0.315. The highest BCUT2D eigenvalue weighted by molar-refractivity contribution is 7.49. The van der Waals surface area contributed by atoms with Crippen LogP contribution in [0.3, 0.4) is 0 Å². The molecular weight excluding hydrogens is 534 g/mol. The molecule has 1 unspecified atom stereocenters. The average molecular weight is 559 g/mol. The van der Waals surface area contributed by atoms with Crippen molar-refractivity contribution in [2.45, 2.75) is 12.8 Å². The van der Waals surface area contributed by atoms with Gasteiger partial charge in [-0.25, -0.2) is 9.05 Å². The Morgan fingerprint density at radius 1 is 0.590 bits per heavy atom. The van der Waals surface area contributed by atoms with Gasteiger partial charge in [-0.1, -0.05) is 72.8 Å². The maximum absolute atomic E-state index is 13.6. The molecule has 5 rings (SSSR count). The standard InChI is InChI=1S/C30H25O7P2/c31-38(33-26-10-4-1-5-11-26)34-27-20-16-24(17-21-27)25-18-22-30(23-19-25)37-39(32,35-28-12-6-2-7-13-28)36-29-14-8-3-9-15-29/h1-4,6-10,12-23H,5,11H2/q+1. The maximum atomic E-state index is 13.6. The molecule has 0 fully saturated rings. The van der Waals surface area contributed by atoms with Gasteiger partial charge in [-0.3, -0.25) is 0 Å². The summed E-state index contributed by atoms with van der Waals surface area (Å²) in [6.45, 7) is 0. The summed E-state index contributed by atoms with van der Waals surface area (Å²) >= 11 is 0. The summed E-state index contributed by atoms with van der Waals surface area (Å²) in [5.74, 6) is 2.11. The van der Waals surface area contributed by atoms with E-state index in [0.29, 0.717) is 35.2 Å². The zero-order valence-electron chi connectivity index (χ0n) is 20.8. The van der Waals surface area contributed by atoms with Crippen LogP contribution in [0.15, 0.2) is 133 Å². The topological polar surface area (TPSA) is 80.3 Å². The predicted octanol–water partition coefficient (Wildman–Crippen LogP) is 9.29. The minimum Gasteiger partial charge on any atom is -0.386 e. The van der Waals surface area contributed by atoms with E-state index in [4.69, 9.17) is 22.6 Å². The van der Waals surface area contributed by atoms with Crippen molar-refractivity contribution in [3.63, 3.8) is 0 Å². The summed E-state index contributed by atoms with van der Waals surface area (Å²) in [5, 5.41) is 0. The van der Waals surface area contributed by atoms with Crippen LogP contribution in [0.4, 0.5) is 0 Å². The highest BCUT2D eigenvalue weighted by Crippen LogP contribution is 2.49. The zero-order valence-corrected chi connectivity index (χ0v) is 22.6. The summed E-state index contributed by atoms with van der Waals surface area (Å²) < 4.78 is 53.7. The maximum Gasteiger partial charge on any atom is 0.805 e. The molecule has 4 aromatic carbocycles.